The maximum Gasteiger partial charge on any atom is 0.224 e. The monoisotopic (exact) mass is 711 g/mol. The number of aliphatic hydroxyl groups is 3. The summed E-state index contributed by atoms with van der Waals surface area (Å²) in [5, 5.41) is 34.9. The van der Waals surface area contributed by atoms with Crippen LogP contribution in [-0.4, -0.2) is 75.8 Å². The summed E-state index contributed by atoms with van der Waals surface area (Å²) in [6, 6.07) is -0.964. The summed E-state index contributed by atoms with van der Waals surface area (Å²) in [4.78, 5) is 28.7. The minimum Gasteiger partial charge on any atom is -0.394 e. The van der Waals surface area contributed by atoms with Gasteiger partial charge < -0.3 is 30.3 Å². The molecule has 1 unspecified atom stereocenters. The van der Waals surface area contributed by atoms with Gasteiger partial charge in [0.05, 0.1) is 6.61 Å². The van der Waals surface area contributed by atoms with Crippen molar-refractivity contribution in [2.75, 3.05) is 13.2 Å². The van der Waals surface area contributed by atoms with Crippen LogP contribution in [-0.2, 0) is 14.3 Å². The van der Waals surface area contributed by atoms with Crippen molar-refractivity contribution in [3.8, 4) is 0 Å². The normalized spacial score (nSPS) is 20.6. The lowest BCUT2D eigenvalue weighted by molar-refractivity contribution is -0.231. The molecule has 0 aliphatic carbocycles. The van der Waals surface area contributed by atoms with Gasteiger partial charge in [0.15, 0.2) is 6.23 Å². The minimum absolute atomic E-state index is 0.0488. The smallest absolute Gasteiger partial charge is 0.224 e. The zero-order valence-corrected chi connectivity index (χ0v) is 33.0. The van der Waals surface area contributed by atoms with Crippen molar-refractivity contribution in [2.24, 2.45) is 0 Å². The number of aliphatic hydroxyl groups excluding tert-OH is 3. The fourth-order valence-electron chi connectivity index (χ4n) is 7.27. The average molecular weight is 711 g/mol. The average Bonchev–Trinajstić information content (AvgIpc) is 3.11. The molecule has 1 aliphatic heterocycles. The Bertz CT molecular complexity index is 798. The highest BCUT2D eigenvalue weighted by Crippen LogP contribution is 2.26. The minimum atomic E-state index is -1.36. The summed E-state index contributed by atoms with van der Waals surface area (Å²) >= 11 is 0. The molecule has 8 heteroatoms. The summed E-state index contributed by atoms with van der Waals surface area (Å²) in [5.41, 5.74) is 0. The molecule has 0 aromatic carbocycles. The van der Waals surface area contributed by atoms with Crippen LogP contribution in [0.2, 0.25) is 0 Å². The van der Waals surface area contributed by atoms with Crippen LogP contribution in [0.25, 0.3) is 0 Å². The number of unbranched alkanes of at least 4 members (excludes halogenated alkanes) is 25. The summed E-state index contributed by atoms with van der Waals surface area (Å²) in [5.74, 6) is -0.252. The van der Waals surface area contributed by atoms with E-state index in [4.69, 9.17) is 4.74 Å². The van der Waals surface area contributed by atoms with Crippen molar-refractivity contribution in [3.63, 3.8) is 0 Å². The van der Waals surface area contributed by atoms with Gasteiger partial charge in [-0.05, 0) is 19.3 Å². The maximum absolute atomic E-state index is 13.8. The predicted molar refractivity (Wildman–Crippen MR) is 207 cm³/mol. The first kappa shape index (κ1) is 46.8. The second-order valence-electron chi connectivity index (χ2n) is 15.2. The molecular formula is C42H82N2O6. The molecule has 4 N–H and O–H groups in total. The highest BCUT2D eigenvalue weighted by Gasteiger charge is 2.48. The number of hydrogen-bond acceptors (Lipinski definition) is 6. The van der Waals surface area contributed by atoms with E-state index >= 15 is 0 Å². The van der Waals surface area contributed by atoms with Gasteiger partial charge in [0.25, 0.3) is 0 Å². The summed E-state index contributed by atoms with van der Waals surface area (Å²) in [6.07, 6.45) is 28.7. The molecule has 1 saturated heterocycles. The summed E-state index contributed by atoms with van der Waals surface area (Å²) in [6.45, 7) is 6.68. The lowest BCUT2D eigenvalue weighted by Crippen LogP contribution is -2.68. The van der Waals surface area contributed by atoms with E-state index in [0.717, 1.165) is 57.8 Å². The van der Waals surface area contributed by atoms with E-state index in [9.17, 15) is 24.9 Å². The number of nitrogens with zero attached hydrogens (tertiary/aromatic N) is 1. The molecule has 5 atom stereocenters. The quantitative estimate of drug-likeness (QED) is 0.0494. The molecule has 0 spiro atoms. The first-order valence-electron chi connectivity index (χ1n) is 21.6. The third-order valence-corrected chi connectivity index (χ3v) is 10.6. The molecule has 50 heavy (non-hydrogen) atoms. The maximum atomic E-state index is 13.8. The molecular weight excluding hydrogens is 628 g/mol. The van der Waals surface area contributed by atoms with Gasteiger partial charge in [0.1, 0.15) is 24.4 Å². The third kappa shape index (κ3) is 22.0. The van der Waals surface area contributed by atoms with Gasteiger partial charge in [-0.1, -0.05) is 181 Å². The fourth-order valence-corrected chi connectivity index (χ4v) is 7.27. The third-order valence-electron chi connectivity index (χ3n) is 10.6. The number of carbonyl (C=O) groups excluding carboxylic acids is 2. The fraction of sp³-hybridized carbons (Fsp3) is 0.952. The lowest BCUT2D eigenvalue weighted by Gasteiger charge is -2.47. The molecule has 0 aromatic rings. The molecule has 2 amide bonds. The van der Waals surface area contributed by atoms with Gasteiger partial charge in [-0.15, -0.1) is 0 Å². The summed E-state index contributed by atoms with van der Waals surface area (Å²) in [7, 11) is 0. The zero-order valence-electron chi connectivity index (χ0n) is 33.0. The molecule has 8 nitrogen and oxygen atoms in total. The Morgan fingerprint density at radius 3 is 1.34 bits per heavy atom. The van der Waals surface area contributed by atoms with E-state index in [2.05, 4.69) is 26.1 Å². The number of amides is 2. The molecule has 1 fully saturated rings. The molecule has 0 saturated carbocycles. The molecule has 1 heterocycles. The van der Waals surface area contributed by atoms with Crippen molar-refractivity contribution in [2.45, 2.75) is 244 Å². The SMILES string of the molecule is CCCCCCCCCCCCN(C(=O)CCCCCCCCCCC)C1O[C@H](CO)[C@@H](O)[C@H](O)[C@H]1NC(=O)CCCCCCCCCCC. The zero-order chi connectivity index (χ0) is 36.7. The Morgan fingerprint density at radius 2 is 0.920 bits per heavy atom. The van der Waals surface area contributed by atoms with Crippen molar-refractivity contribution in [1.82, 2.24) is 10.2 Å². The van der Waals surface area contributed by atoms with Gasteiger partial charge in [0.2, 0.25) is 11.8 Å². The number of hydrogen-bond donors (Lipinski definition) is 4. The summed E-state index contributed by atoms with van der Waals surface area (Å²) < 4.78 is 6.18. The number of ether oxygens (including phenoxy) is 1. The van der Waals surface area contributed by atoms with E-state index in [1.54, 1.807) is 4.90 Å². The van der Waals surface area contributed by atoms with Crippen LogP contribution in [0.3, 0.4) is 0 Å². The van der Waals surface area contributed by atoms with Crippen molar-refractivity contribution in [3.05, 3.63) is 0 Å². The van der Waals surface area contributed by atoms with Gasteiger partial charge >= 0.3 is 0 Å². The van der Waals surface area contributed by atoms with Gasteiger partial charge in [-0.2, -0.15) is 0 Å². The number of nitrogens with one attached hydrogen (secondary N) is 1. The van der Waals surface area contributed by atoms with Crippen LogP contribution in [0.4, 0.5) is 0 Å². The topological polar surface area (TPSA) is 119 Å². The van der Waals surface area contributed by atoms with Crippen molar-refractivity contribution >= 4 is 11.8 Å². The van der Waals surface area contributed by atoms with Crippen LogP contribution >= 0.6 is 0 Å². The number of rotatable bonds is 34. The van der Waals surface area contributed by atoms with Crippen molar-refractivity contribution in [1.29, 1.82) is 0 Å². The molecule has 0 radical (unpaired) electrons. The molecule has 296 valence electrons. The van der Waals surface area contributed by atoms with Crippen LogP contribution < -0.4 is 5.32 Å². The molecule has 1 aliphatic rings. The van der Waals surface area contributed by atoms with E-state index in [0.29, 0.717) is 19.4 Å². The van der Waals surface area contributed by atoms with Crippen LogP contribution in [0.5, 0.6) is 0 Å². The van der Waals surface area contributed by atoms with E-state index in [-0.39, 0.29) is 11.8 Å². The van der Waals surface area contributed by atoms with Crippen molar-refractivity contribution < 1.29 is 29.6 Å². The lowest BCUT2D eigenvalue weighted by atomic mass is 9.94. The largest absolute Gasteiger partial charge is 0.394 e. The van der Waals surface area contributed by atoms with E-state index in [1.165, 1.54) is 122 Å². The first-order valence-corrected chi connectivity index (χ1v) is 21.6. The van der Waals surface area contributed by atoms with Crippen LogP contribution in [0, 0.1) is 0 Å². The highest BCUT2D eigenvalue weighted by atomic mass is 16.5. The molecule has 1 rings (SSSR count). The van der Waals surface area contributed by atoms with E-state index in [1.807, 2.05) is 0 Å². The number of carbonyl (C=O) groups is 2. The predicted octanol–water partition coefficient (Wildman–Crippen LogP) is 9.50. The Labute approximate surface area is 308 Å². The van der Waals surface area contributed by atoms with Gasteiger partial charge in [0, 0.05) is 19.4 Å². The highest BCUT2D eigenvalue weighted by molar-refractivity contribution is 5.78. The second kappa shape index (κ2) is 32.4. The molecule has 0 aromatic heterocycles. The van der Waals surface area contributed by atoms with Crippen LogP contribution in [0.1, 0.15) is 213 Å². The Kier molecular flexibility index (Phi) is 30.4. The standard InChI is InChI=1S/C42H82N2O6/c1-4-7-10-13-16-19-22-25-28-31-34-44(38(47)33-30-27-24-21-18-15-12-9-6-3)42-39(41(49)40(48)36(35-45)50-42)43-37(46)32-29-26-23-20-17-14-11-8-5-2/h36,39-42,45,48-49H,4-35H2,1-3H3,(H,43,46)/t36-,39-,40-,41-,42?/m1/s1. The molecule has 0 bridgehead atoms. The van der Waals surface area contributed by atoms with Crippen LogP contribution in [0.15, 0.2) is 0 Å². The second-order valence-corrected chi connectivity index (χ2v) is 15.2. The van der Waals surface area contributed by atoms with Gasteiger partial charge in [-0.25, -0.2) is 0 Å². The Hall–Kier alpha value is -1.22. The first-order chi connectivity index (χ1) is 24.4. The van der Waals surface area contributed by atoms with Gasteiger partial charge in [-0.3, -0.25) is 9.59 Å². The van der Waals surface area contributed by atoms with E-state index < -0.39 is 37.2 Å². The Balaban J connectivity index is 2.80. The Morgan fingerprint density at radius 1 is 0.540 bits per heavy atom.